The number of aromatic nitrogens is 1. The summed E-state index contributed by atoms with van der Waals surface area (Å²) < 4.78 is 12.1. The summed E-state index contributed by atoms with van der Waals surface area (Å²) in [6.07, 6.45) is 1.96. The minimum atomic E-state index is 0.119. The molecular weight excluding hydrogens is 386 g/mol. The van der Waals surface area contributed by atoms with Gasteiger partial charge in [0.2, 0.25) is 5.88 Å². The lowest BCUT2D eigenvalue weighted by molar-refractivity contribution is 0.121. The second-order valence-electron chi connectivity index (χ2n) is 6.50. The Labute approximate surface area is 172 Å². The monoisotopic (exact) mass is 407 g/mol. The number of allylic oxidation sites excluding steroid dienone is 1. The van der Waals surface area contributed by atoms with Gasteiger partial charge in [-0.2, -0.15) is 0 Å². The van der Waals surface area contributed by atoms with Crippen molar-refractivity contribution < 1.29 is 14.6 Å². The van der Waals surface area contributed by atoms with Crippen LogP contribution in [0.25, 0.3) is 11.6 Å². The van der Waals surface area contributed by atoms with E-state index in [-0.39, 0.29) is 12.6 Å². The maximum Gasteiger partial charge on any atom is 0.213 e. The fraction of sp³-hybridized carbons (Fsp3) is 0.182. The number of aromatic hydroxyl groups is 1. The van der Waals surface area contributed by atoms with Gasteiger partial charge in [0.05, 0.1) is 23.4 Å². The molecule has 1 aromatic heterocycles. The van der Waals surface area contributed by atoms with Crippen molar-refractivity contribution in [2.24, 2.45) is 9.98 Å². The third-order valence-electron chi connectivity index (χ3n) is 4.61. The number of hydrogen-bond donors (Lipinski definition) is 1. The predicted octanol–water partition coefficient (Wildman–Crippen LogP) is 4.75. The highest BCUT2D eigenvalue weighted by atomic mass is 32.1. The number of para-hydroxylation sites is 1. The fourth-order valence-corrected chi connectivity index (χ4v) is 4.14. The molecule has 6 nitrogen and oxygen atoms in total. The first-order valence-corrected chi connectivity index (χ1v) is 9.89. The molecule has 29 heavy (non-hydrogen) atoms. The van der Waals surface area contributed by atoms with E-state index in [0.29, 0.717) is 9.68 Å². The van der Waals surface area contributed by atoms with E-state index < -0.39 is 0 Å². The second kappa shape index (κ2) is 8.06. The number of ether oxygens (including phenoxy) is 2. The zero-order valence-corrected chi connectivity index (χ0v) is 17.2. The molecule has 4 rings (SSSR count). The van der Waals surface area contributed by atoms with Crippen LogP contribution >= 0.6 is 11.3 Å². The Balaban J connectivity index is 1.81. The van der Waals surface area contributed by atoms with Gasteiger partial charge in [-0.3, -0.25) is 9.56 Å². The van der Waals surface area contributed by atoms with Crippen LogP contribution in [-0.4, -0.2) is 29.6 Å². The van der Waals surface area contributed by atoms with Crippen molar-refractivity contribution in [2.45, 2.75) is 13.7 Å². The van der Waals surface area contributed by atoms with Gasteiger partial charge in [0.1, 0.15) is 12.5 Å². The van der Waals surface area contributed by atoms with E-state index in [0.717, 1.165) is 34.0 Å². The molecule has 0 atom stereocenters. The summed E-state index contributed by atoms with van der Waals surface area (Å²) in [5.41, 5.74) is 4.69. The van der Waals surface area contributed by atoms with Crippen LogP contribution < -0.4 is 9.54 Å². The summed E-state index contributed by atoms with van der Waals surface area (Å²) in [5.74, 6) is 0.886. The first-order chi connectivity index (χ1) is 14.1. The number of fused-ring (bicyclic) bond motifs is 1. The Morgan fingerprint density at radius 3 is 2.62 bits per heavy atom. The fourth-order valence-electron chi connectivity index (χ4n) is 3.16. The van der Waals surface area contributed by atoms with Crippen molar-refractivity contribution >= 4 is 40.1 Å². The molecule has 1 N–H and O–H groups in total. The average Bonchev–Trinajstić information content (AvgIpc) is 3.20. The van der Waals surface area contributed by atoms with Crippen LogP contribution in [0.3, 0.4) is 0 Å². The van der Waals surface area contributed by atoms with Crippen LogP contribution in [0.2, 0.25) is 0 Å². The first kappa shape index (κ1) is 19.2. The van der Waals surface area contributed by atoms with Crippen molar-refractivity contribution in [1.82, 2.24) is 4.57 Å². The van der Waals surface area contributed by atoms with Crippen molar-refractivity contribution in [2.75, 3.05) is 14.2 Å². The van der Waals surface area contributed by atoms with Crippen LogP contribution in [0.5, 0.6) is 11.6 Å². The molecular formula is C22H21N3O3S. The average molecular weight is 407 g/mol. The number of methoxy groups -OCH3 is 2. The molecule has 0 amide bonds. The Morgan fingerprint density at radius 2 is 1.90 bits per heavy atom. The zero-order chi connectivity index (χ0) is 20.4. The molecule has 0 saturated carbocycles. The second-order valence-corrected chi connectivity index (χ2v) is 7.51. The standard InChI is InChI=1S/C22H21N3O3S/c1-14-18(17-6-4-5-7-19(17)23-14)12-20-21(26)25(13-27-2)22(29-20)24-15-8-10-16(28-3)11-9-15/h4-12,26H,13H2,1-3H3. The highest BCUT2D eigenvalue weighted by Gasteiger charge is 2.19. The van der Waals surface area contributed by atoms with E-state index in [9.17, 15) is 5.11 Å². The summed E-state index contributed by atoms with van der Waals surface area (Å²) in [4.78, 5) is 10.6. The molecule has 1 aliphatic rings. The highest BCUT2D eigenvalue weighted by Crippen LogP contribution is 2.37. The van der Waals surface area contributed by atoms with Gasteiger partial charge in [0.15, 0.2) is 4.80 Å². The van der Waals surface area contributed by atoms with Crippen molar-refractivity contribution in [1.29, 1.82) is 0 Å². The summed E-state index contributed by atoms with van der Waals surface area (Å²) in [5, 5.41) is 10.8. The third-order valence-corrected chi connectivity index (χ3v) is 5.63. The summed E-state index contributed by atoms with van der Waals surface area (Å²) in [6.45, 7) is 2.17. The van der Waals surface area contributed by atoms with E-state index in [1.165, 1.54) is 11.3 Å². The van der Waals surface area contributed by atoms with E-state index in [1.54, 1.807) is 18.8 Å². The number of nitrogens with zero attached hydrogens (tertiary/aromatic N) is 3. The smallest absolute Gasteiger partial charge is 0.213 e. The first-order valence-electron chi connectivity index (χ1n) is 9.08. The summed E-state index contributed by atoms with van der Waals surface area (Å²) in [7, 11) is 3.21. The molecule has 2 aromatic carbocycles. The number of aliphatic imine (C=N–C) groups is 1. The molecule has 0 saturated heterocycles. The van der Waals surface area contributed by atoms with Gasteiger partial charge in [0.25, 0.3) is 0 Å². The van der Waals surface area contributed by atoms with Crippen LogP contribution in [0, 0.1) is 0 Å². The van der Waals surface area contributed by atoms with E-state index in [4.69, 9.17) is 9.47 Å². The molecule has 3 aromatic rings. The summed E-state index contributed by atoms with van der Waals surface area (Å²) >= 11 is 1.40. The number of hydrogen-bond acceptors (Lipinski definition) is 6. The summed E-state index contributed by atoms with van der Waals surface area (Å²) in [6, 6.07) is 15.4. The number of thiazole rings is 1. The van der Waals surface area contributed by atoms with E-state index in [2.05, 4.69) is 9.98 Å². The molecule has 7 heteroatoms. The molecule has 0 unspecified atom stereocenters. The molecule has 2 heterocycles. The maximum absolute atomic E-state index is 10.8. The predicted molar refractivity (Wildman–Crippen MR) is 116 cm³/mol. The van der Waals surface area contributed by atoms with Crippen LogP contribution in [0.1, 0.15) is 17.4 Å². The van der Waals surface area contributed by atoms with Gasteiger partial charge in [-0.25, -0.2) is 4.99 Å². The molecule has 0 radical (unpaired) electrons. The van der Waals surface area contributed by atoms with Gasteiger partial charge in [0, 0.05) is 24.0 Å². The minimum absolute atomic E-state index is 0.119. The lowest BCUT2D eigenvalue weighted by Gasteiger charge is -2.04. The van der Waals surface area contributed by atoms with E-state index >= 15 is 0 Å². The Hall–Kier alpha value is -3.16. The minimum Gasteiger partial charge on any atom is -0.497 e. The Morgan fingerprint density at radius 1 is 1.14 bits per heavy atom. The Bertz CT molecular complexity index is 1170. The number of rotatable bonds is 5. The van der Waals surface area contributed by atoms with Crippen LogP contribution in [-0.2, 0) is 11.5 Å². The topological polar surface area (TPSA) is 68.3 Å². The SMILES string of the molecule is COCn1c(O)c(C=C2C(C)=Nc3ccccc32)sc1=Nc1ccc(OC)cc1. The lowest BCUT2D eigenvalue weighted by Crippen LogP contribution is -2.15. The maximum atomic E-state index is 10.8. The number of benzene rings is 2. The van der Waals surface area contributed by atoms with Crippen LogP contribution in [0.4, 0.5) is 11.4 Å². The zero-order valence-electron chi connectivity index (χ0n) is 16.4. The third kappa shape index (κ3) is 3.74. The van der Waals surface area contributed by atoms with Gasteiger partial charge in [-0.1, -0.05) is 29.5 Å². The van der Waals surface area contributed by atoms with Crippen molar-refractivity contribution in [3.8, 4) is 11.6 Å². The van der Waals surface area contributed by atoms with Gasteiger partial charge >= 0.3 is 0 Å². The largest absolute Gasteiger partial charge is 0.497 e. The van der Waals surface area contributed by atoms with Gasteiger partial charge in [-0.15, -0.1) is 0 Å². The normalized spacial score (nSPS) is 14.9. The van der Waals surface area contributed by atoms with Gasteiger partial charge in [-0.05, 0) is 43.3 Å². The molecule has 148 valence electrons. The molecule has 0 aliphatic carbocycles. The molecule has 1 aliphatic heterocycles. The van der Waals surface area contributed by atoms with Crippen LogP contribution in [0.15, 0.2) is 58.5 Å². The highest BCUT2D eigenvalue weighted by molar-refractivity contribution is 7.10. The van der Waals surface area contributed by atoms with Gasteiger partial charge < -0.3 is 14.6 Å². The molecule has 0 fully saturated rings. The quantitative estimate of drug-likeness (QED) is 0.664. The molecule has 0 spiro atoms. The Kier molecular flexibility index (Phi) is 5.33. The van der Waals surface area contributed by atoms with Crippen molar-refractivity contribution in [3.05, 3.63) is 63.8 Å². The van der Waals surface area contributed by atoms with E-state index in [1.807, 2.05) is 61.5 Å². The molecule has 0 bridgehead atoms. The lowest BCUT2D eigenvalue weighted by atomic mass is 10.0. The van der Waals surface area contributed by atoms with Crippen molar-refractivity contribution in [3.63, 3.8) is 0 Å².